The second-order valence-corrected chi connectivity index (χ2v) is 5.99. The number of carbonyl (C=O) groups excluding carboxylic acids is 1. The summed E-state index contributed by atoms with van der Waals surface area (Å²) in [4.78, 5) is 16.1. The van der Waals surface area contributed by atoms with E-state index in [0.29, 0.717) is 18.0 Å². The minimum Gasteiger partial charge on any atom is -0.378 e. The molecule has 0 saturated carbocycles. The molecule has 0 atom stereocenters. The average Bonchev–Trinajstić information content (AvgIpc) is 2.50. The molecular formula is C18H21ClN2O. The van der Waals surface area contributed by atoms with Crippen molar-refractivity contribution in [3.8, 4) is 0 Å². The standard InChI is InChI=1S/C18H21ClN2O/c1-20(2)16-10-8-14(9-11-16)13-21(3)18(22)12-15-6-4-5-7-17(15)19/h4-11H,12-13H2,1-3H3. The molecule has 0 aliphatic rings. The lowest BCUT2D eigenvalue weighted by Gasteiger charge is -2.19. The predicted octanol–water partition coefficient (Wildman–Crippen LogP) is 3.61. The highest BCUT2D eigenvalue weighted by atomic mass is 35.5. The van der Waals surface area contributed by atoms with Crippen molar-refractivity contribution in [2.75, 3.05) is 26.0 Å². The molecule has 0 aliphatic carbocycles. The van der Waals surface area contributed by atoms with E-state index in [1.165, 1.54) is 0 Å². The highest BCUT2D eigenvalue weighted by Crippen LogP contribution is 2.17. The van der Waals surface area contributed by atoms with Crippen LogP contribution in [0.4, 0.5) is 5.69 Å². The van der Waals surface area contributed by atoms with E-state index in [0.717, 1.165) is 16.8 Å². The van der Waals surface area contributed by atoms with E-state index in [1.807, 2.05) is 45.4 Å². The Morgan fingerprint density at radius 3 is 2.23 bits per heavy atom. The summed E-state index contributed by atoms with van der Waals surface area (Å²) in [5.74, 6) is 0.0600. The zero-order chi connectivity index (χ0) is 16.1. The van der Waals surface area contributed by atoms with Crippen molar-refractivity contribution in [2.24, 2.45) is 0 Å². The predicted molar refractivity (Wildman–Crippen MR) is 92.4 cm³/mol. The molecule has 0 aliphatic heterocycles. The Balaban J connectivity index is 1.98. The largest absolute Gasteiger partial charge is 0.378 e. The van der Waals surface area contributed by atoms with Gasteiger partial charge in [-0.1, -0.05) is 41.9 Å². The number of halogens is 1. The van der Waals surface area contributed by atoms with Gasteiger partial charge in [0, 0.05) is 38.4 Å². The number of carbonyl (C=O) groups is 1. The van der Waals surface area contributed by atoms with Gasteiger partial charge < -0.3 is 9.80 Å². The molecule has 0 spiro atoms. The summed E-state index contributed by atoms with van der Waals surface area (Å²) in [5.41, 5.74) is 3.12. The quantitative estimate of drug-likeness (QED) is 0.841. The maximum atomic E-state index is 12.3. The van der Waals surface area contributed by atoms with Gasteiger partial charge in [0.1, 0.15) is 0 Å². The summed E-state index contributed by atoms with van der Waals surface area (Å²) in [5, 5.41) is 0.639. The van der Waals surface area contributed by atoms with Crippen LogP contribution in [0.25, 0.3) is 0 Å². The van der Waals surface area contributed by atoms with Crippen LogP contribution in [0, 0.1) is 0 Å². The fourth-order valence-corrected chi connectivity index (χ4v) is 2.40. The maximum absolute atomic E-state index is 12.3. The molecule has 4 heteroatoms. The van der Waals surface area contributed by atoms with Crippen LogP contribution in [0.3, 0.4) is 0 Å². The van der Waals surface area contributed by atoms with Crippen LogP contribution in [0.5, 0.6) is 0 Å². The van der Waals surface area contributed by atoms with Crippen LogP contribution in [0.1, 0.15) is 11.1 Å². The number of benzene rings is 2. The van der Waals surface area contributed by atoms with Gasteiger partial charge in [-0.25, -0.2) is 0 Å². The summed E-state index contributed by atoms with van der Waals surface area (Å²) in [6.07, 6.45) is 0.325. The Morgan fingerprint density at radius 1 is 1.00 bits per heavy atom. The van der Waals surface area contributed by atoms with Gasteiger partial charge in [-0.2, -0.15) is 0 Å². The van der Waals surface area contributed by atoms with Crippen LogP contribution >= 0.6 is 11.6 Å². The van der Waals surface area contributed by atoms with E-state index in [9.17, 15) is 4.79 Å². The van der Waals surface area contributed by atoms with Crippen LogP contribution in [0.15, 0.2) is 48.5 Å². The van der Waals surface area contributed by atoms with Crippen molar-refractivity contribution in [3.63, 3.8) is 0 Å². The number of hydrogen-bond acceptors (Lipinski definition) is 2. The van der Waals surface area contributed by atoms with Gasteiger partial charge in [0.15, 0.2) is 0 Å². The molecule has 116 valence electrons. The van der Waals surface area contributed by atoms with Gasteiger partial charge in [-0.15, -0.1) is 0 Å². The first kappa shape index (κ1) is 16.4. The lowest BCUT2D eigenvalue weighted by Crippen LogP contribution is -2.27. The minimum absolute atomic E-state index is 0.0600. The second-order valence-electron chi connectivity index (χ2n) is 5.58. The Labute approximate surface area is 137 Å². The molecule has 0 bridgehead atoms. The lowest BCUT2D eigenvalue weighted by atomic mass is 10.1. The summed E-state index contributed by atoms with van der Waals surface area (Å²) in [6, 6.07) is 15.7. The number of amides is 1. The van der Waals surface area contributed by atoms with Gasteiger partial charge in [0.2, 0.25) is 5.91 Å². The fraction of sp³-hybridized carbons (Fsp3) is 0.278. The highest BCUT2D eigenvalue weighted by molar-refractivity contribution is 6.31. The summed E-state index contributed by atoms with van der Waals surface area (Å²) in [7, 11) is 5.83. The number of hydrogen-bond donors (Lipinski definition) is 0. The van der Waals surface area contributed by atoms with Crippen molar-refractivity contribution < 1.29 is 4.79 Å². The van der Waals surface area contributed by atoms with Crippen molar-refractivity contribution in [1.82, 2.24) is 4.90 Å². The normalized spacial score (nSPS) is 10.4. The SMILES string of the molecule is CN(Cc1ccc(N(C)C)cc1)C(=O)Cc1ccccc1Cl. The first-order chi connectivity index (χ1) is 10.5. The molecule has 2 aromatic rings. The Morgan fingerprint density at radius 2 is 1.64 bits per heavy atom. The number of rotatable bonds is 5. The Kier molecular flexibility index (Phi) is 5.45. The van der Waals surface area contributed by atoms with E-state index in [4.69, 9.17) is 11.6 Å². The maximum Gasteiger partial charge on any atom is 0.227 e. The highest BCUT2D eigenvalue weighted by Gasteiger charge is 2.12. The molecule has 22 heavy (non-hydrogen) atoms. The molecule has 0 aromatic heterocycles. The van der Waals surface area contributed by atoms with E-state index in [2.05, 4.69) is 29.2 Å². The first-order valence-electron chi connectivity index (χ1n) is 7.21. The van der Waals surface area contributed by atoms with Gasteiger partial charge in [-0.05, 0) is 29.3 Å². The van der Waals surface area contributed by atoms with E-state index in [-0.39, 0.29) is 5.91 Å². The first-order valence-corrected chi connectivity index (χ1v) is 7.59. The molecule has 0 N–H and O–H groups in total. The third-order valence-electron chi connectivity index (χ3n) is 3.60. The van der Waals surface area contributed by atoms with Gasteiger partial charge in [-0.3, -0.25) is 4.79 Å². The van der Waals surface area contributed by atoms with Crippen molar-refractivity contribution in [2.45, 2.75) is 13.0 Å². The molecule has 2 rings (SSSR count). The van der Waals surface area contributed by atoms with E-state index in [1.54, 1.807) is 4.90 Å². The van der Waals surface area contributed by atoms with Gasteiger partial charge >= 0.3 is 0 Å². The zero-order valence-electron chi connectivity index (χ0n) is 13.2. The molecule has 1 amide bonds. The molecule has 0 radical (unpaired) electrons. The van der Waals surface area contributed by atoms with Crippen LogP contribution in [-0.4, -0.2) is 32.0 Å². The molecule has 2 aromatic carbocycles. The summed E-state index contributed by atoms with van der Waals surface area (Å²) in [6.45, 7) is 0.594. The molecular weight excluding hydrogens is 296 g/mol. The third kappa shape index (κ3) is 4.25. The number of anilines is 1. The number of nitrogens with zero attached hydrogens (tertiary/aromatic N) is 2. The molecule has 0 fully saturated rings. The lowest BCUT2D eigenvalue weighted by molar-refractivity contribution is -0.129. The Bertz CT molecular complexity index is 638. The van der Waals surface area contributed by atoms with Crippen molar-refractivity contribution in [1.29, 1.82) is 0 Å². The molecule has 0 unspecified atom stereocenters. The smallest absolute Gasteiger partial charge is 0.227 e. The number of likely N-dealkylation sites (N-methyl/N-ethyl adjacent to an activating group) is 1. The second kappa shape index (κ2) is 7.32. The fourth-order valence-electron chi connectivity index (χ4n) is 2.20. The average molecular weight is 317 g/mol. The topological polar surface area (TPSA) is 23.6 Å². The van der Waals surface area contributed by atoms with E-state index < -0.39 is 0 Å². The van der Waals surface area contributed by atoms with Crippen molar-refractivity contribution in [3.05, 3.63) is 64.7 Å². The van der Waals surface area contributed by atoms with Crippen molar-refractivity contribution >= 4 is 23.2 Å². The monoisotopic (exact) mass is 316 g/mol. The Hall–Kier alpha value is -2.00. The van der Waals surface area contributed by atoms with Crippen LogP contribution in [0.2, 0.25) is 5.02 Å². The van der Waals surface area contributed by atoms with Crippen LogP contribution < -0.4 is 4.90 Å². The molecule has 3 nitrogen and oxygen atoms in total. The third-order valence-corrected chi connectivity index (χ3v) is 3.97. The molecule has 0 saturated heterocycles. The van der Waals surface area contributed by atoms with Gasteiger partial charge in [0.05, 0.1) is 6.42 Å². The van der Waals surface area contributed by atoms with Gasteiger partial charge in [0.25, 0.3) is 0 Å². The summed E-state index contributed by atoms with van der Waals surface area (Å²) < 4.78 is 0. The minimum atomic E-state index is 0.0600. The van der Waals surface area contributed by atoms with Crippen LogP contribution in [-0.2, 0) is 17.8 Å². The van der Waals surface area contributed by atoms with E-state index >= 15 is 0 Å². The molecule has 0 heterocycles. The summed E-state index contributed by atoms with van der Waals surface area (Å²) >= 11 is 6.10. The zero-order valence-corrected chi connectivity index (χ0v) is 14.0.